The van der Waals surface area contributed by atoms with E-state index < -0.39 is 0 Å². The van der Waals surface area contributed by atoms with Gasteiger partial charge in [-0.3, -0.25) is 14.6 Å². The minimum Gasteiger partial charge on any atom is -0.395 e. The van der Waals surface area contributed by atoms with Gasteiger partial charge in [-0.2, -0.15) is 0 Å². The molecule has 8 bridgehead atoms. The summed E-state index contributed by atoms with van der Waals surface area (Å²) in [6.45, 7) is 4.86. The summed E-state index contributed by atoms with van der Waals surface area (Å²) >= 11 is 0. The molecule has 7 heterocycles. The zero-order valence-corrected chi connectivity index (χ0v) is 22.1. The van der Waals surface area contributed by atoms with Crippen LogP contribution in [-0.4, -0.2) is 107 Å². The van der Waals surface area contributed by atoms with Crippen LogP contribution >= 0.6 is 0 Å². The number of piperazine rings is 1. The number of amides is 1. The number of hydrogen-bond acceptors (Lipinski definition) is 9. The van der Waals surface area contributed by atoms with Gasteiger partial charge in [0.25, 0.3) is 0 Å². The fourth-order valence-electron chi connectivity index (χ4n) is 5.03. The Hall–Kier alpha value is -3.60. The number of aliphatic hydroxyl groups excluding tert-OH is 1. The molecule has 5 aliphatic rings. The van der Waals surface area contributed by atoms with E-state index in [0.29, 0.717) is 25.6 Å². The van der Waals surface area contributed by atoms with Crippen LogP contribution in [0.1, 0.15) is 12.0 Å². The molecule has 1 fully saturated rings. The van der Waals surface area contributed by atoms with Crippen molar-refractivity contribution in [2.24, 2.45) is 0 Å². The molecule has 200 valence electrons. The number of likely N-dealkylation sites (N-methyl/N-ethyl adjacent to an activating group) is 1. The first-order chi connectivity index (χ1) is 18.5. The van der Waals surface area contributed by atoms with Gasteiger partial charge in [0, 0.05) is 83.1 Å². The number of carbonyl (C=O) groups excluding carboxylic acids is 1. The van der Waals surface area contributed by atoms with Crippen molar-refractivity contribution < 1.29 is 9.90 Å². The maximum absolute atomic E-state index is 12.9. The molecule has 5 aliphatic heterocycles. The van der Waals surface area contributed by atoms with Crippen LogP contribution in [0.2, 0.25) is 0 Å². The van der Waals surface area contributed by atoms with Crippen molar-refractivity contribution in [1.82, 2.24) is 29.7 Å². The van der Waals surface area contributed by atoms with Gasteiger partial charge in [-0.1, -0.05) is 12.1 Å². The molecule has 1 saturated heterocycles. The third-order valence-corrected chi connectivity index (χ3v) is 7.33. The maximum Gasteiger partial charge on any atom is 0.236 e. The van der Waals surface area contributed by atoms with Gasteiger partial charge in [-0.15, -0.1) is 0 Å². The Morgan fingerprint density at radius 1 is 1.00 bits per heavy atom. The van der Waals surface area contributed by atoms with E-state index in [4.69, 9.17) is 4.98 Å². The number of aliphatic hydroxyl groups is 1. The number of benzene rings is 1. The van der Waals surface area contributed by atoms with Crippen molar-refractivity contribution in [1.29, 1.82) is 0 Å². The zero-order chi connectivity index (χ0) is 26.5. The molecule has 8 rings (SSSR count). The minimum atomic E-state index is -0.0224. The molecule has 3 aromatic rings. The van der Waals surface area contributed by atoms with Crippen molar-refractivity contribution in [2.45, 2.75) is 19.0 Å². The second-order valence-corrected chi connectivity index (χ2v) is 10.1. The Balaban J connectivity index is 1.41. The highest BCUT2D eigenvalue weighted by Crippen LogP contribution is 2.22. The number of pyridine rings is 1. The largest absolute Gasteiger partial charge is 0.395 e. The summed E-state index contributed by atoms with van der Waals surface area (Å²) < 4.78 is 0. The van der Waals surface area contributed by atoms with Gasteiger partial charge in [0.05, 0.1) is 18.8 Å². The van der Waals surface area contributed by atoms with Gasteiger partial charge in [0.2, 0.25) is 11.9 Å². The van der Waals surface area contributed by atoms with Crippen LogP contribution < -0.4 is 10.2 Å². The molecule has 0 spiro atoms. The normalized spacial score (nSPS) is 22.8. The van der Waals surface area contributed by atoms with Crippen molar-refractivity contribution in [3.05, 3.63) is 60.4 Å². The predicted molar refractivity (Wildman–Crippen MR) is 148 cm³/mol. The van der Waals surface area contributed by atoms with E-state index >= 15 is 0 Å². The Morgan fingerprint density at radius 3 is 2.68 bits per heavy atom. The van der Waals surface area contributed by atoms with Gasteiger partial charge < -0.3 is 20.2 Å². The van der Waals surface area contributed by atoms with E-state index in [1.165, 1.54) is 0 Å². The molecule has 0 radical (unpaired) electrons. The smallest absolute Gasteiger partial charge is 0.236 e. The molecule has 1 amide bonds. The summed E-state index contributed by atoms with van der Waals surface area (Å²) in [7, 11) is 3.88. The topological polar surface area (TPSA) is 101 Å². The van der Waals surface area contributed by atoms with Gasteiger partial charge in [0.1, 0.15) is 5.82 Å². The number of rotatable bonds is 1. The number of hydrogen-bond donors (Lipinski definition) is 2. The number of nitrogens with one attached hydrogen (secondary N) is 1. The molecular formula is C28H36N8O2. The predicted octanol–water partition coefficient (Wildman–Crippen LogP) is 2.06. The Bertz CT molecular complexity index is 1240. The molecule has 1 aromatic carbocycles. The lowest BCUT2D eigenvalue weighted by atomic mass is 10.1. The van der Waals surface area contributed by atoms with Gasteiger partial charge in [-0.05, 0) is 42.3 Å². The zero-order valence-electron chi connectivity index (χ0n) is 22.1. The summed E-state index contributed by atoms with van der Waals surface area (Å²) in [4.78, 5) is 35.0. The SMILES string of the molecule is CN1CCCN(C)c2ccc(cn2)-c2ccnc(n2)Nc2cccc(c2)CN2CCN(CC1=O)CC2CO. The molecule has 0 aliphatic carbocycles. The Kier molecular flexibility index (Phi) is 8.11. The molecule has 0 saturated carbocycles. The third kappa shape index (κ3) is 6.27. The van der Waals surface area contributed by atoms with Gasteiger partial charge in [0.15, 0.2) is 0 Å². The molecule has 2 aromatic heterocycles. The van der Waals surface area contributed by atoms with Crippen molar-refractivity contribution in [3.63, 3.8) is 0 Å². The lowest BCUT2D eigenvalue weighted by Crippen LogP contribution is -2.56. The first-order valence-electron chi connectivity index (χ1n) is 13.2. The number of carbonyl (C=O) groups is 1. The average molecular weight is 517 g/mol. The van der Waals surface area contributed by atoms with Crippen LogP contribution in [0, 0.1) is 0 Å². The van der Waals surface area contributed by atoms with Gasteiger partial charge >= 0.3 is 0 Å². The van der Waals surface area contributed by atoms with Crippen LogP contribution in [0.5, 0.6) is 0 Å². The maximum atomic E-state index is 12.9. The van der Waals surface area contributed by atoms with Gasteiger partial charge in [-0.25, -0.2) is 15.0 Å². The van der Waals surface area contributed by atoms with Crippen LogP contribution in [-0.2, 0) is 11.3 Å². The van der Waals surface area contributed by atoms with E-state index in [1.807, 2.05) is 55.5 Å². The molecule has 10 heteroatoms. The number of aromatic nitrogens is 3. The van der Waals surface area contributed by atoms with E-state index in [-0.39, 0.29) is 18.6 Å². The molecule has 3 unspecified atom stereocenters. The van der Waals surface area contributed by atoms with E-state index in [0.717, 1.165) is 60.9 Å². The minimum absolute atomic E-state index is 0.0224. The highest BCUT2D eigenvalue weighted by atomic mass is 16.3. The third-order valence-electron chi connectivity index (χ3n) is 7.33. The van der Waals surface area contributed by atoms with E-state index in [2.05, 4.69) is 42.1 Å². The Morgan fingerprint density at radius 2 is 1.87 bits per heavy atom. The van der Waals surface area contributed by atoms with Crippen LogP contribution in [0.4, 0.5) is 17.5 Å². The molecule has 2 N–H and O–H groups in total. The van der Waals surface area contributed by atoms with E-state index in [9.17, 15) is 9.90 Å². The van der Waals surface area contributed by atoms with E-state index in [1.54, 1.807) is 6.20 Å². The summed E-state index contributed by atoms with van der Waals surface area (Å²) in [6.07, 6.45) is 4.42. The number of anilines is 3. The van der Waals surface area contributed by atoms with Crippen LogP contribution in [0.25, 0.3) is 11.3 Å². The summed E-state index contributed by atoms with van der Waals surface area (Å²) in [6, 6.07) is 14.1. The quantitative estimate of drug-likeness (QED) is 0.503. The van der Waals surface area contributed by atoms with Crippen LogP contribution in [0.3, 0.4) is 0 Å². The van der Waals surface area contributed by atoms with Crippen molar-refractivity contribution in [2.75, 3.05) is 70.2 Å². The number of nitrogens with zero attached hydrogens (tertiary/aromatic N) is 7. The van der Waals surface area contributed by atoms with Crippen molar-refractivity contribution in [3.8, 4) is 11.3 Å². The van der Waals surface area contributed by atoms with Crippen molar-refractivity contribution >= 4 is 23.4 Å². The Labute approximate surface area is 223 Å². The lowest BCUT2D eigenvalue weighted by Gasteiger charge is -2.40. The van der Waals surface area contributed by atoms with Crippen LogP contribution in [0.15, 0.2) is 54.9 Å². The second kappa shape index (κ2) is 11.8. The summed E-state index contributed by atoms with van der Waals surface area (Å²) in [5.74, 6) is 1.51. The molecular weight excluding hydrogens is 480 g/mol. The summed E-state index contributed by atoms with van der Waals surface area (Å²) in [5, 5.41) is 13.5. The lowest BCUT2D eigenvalue weighted by molar-refractivity contribution is -0.132. The highest BCUT2D eigenvalue weighted by molar-refractivity contribution is 5.78. The first-order valence-corrected chi connectivity index (χ1v) is 13.2. The standard InChI is InChI=1S/C28H36N8O2/c1-33-11-4-12-34(2)27(38)19-35-13-14-36(24(18-35)20-37)17-21-5-3-6-23(15-21)31-28-29-10-9-25(32-28)22-7-8-26(33)30-16-22/h3,5-10,15-16,24,37H,4,11-14,17-20H2,1-2H3,(H,29,31,32). The fourth-order valence-corrected chi connectivity index (χ4v) is 5.03. The summed E-state index contributed by atoms with van der Waals surface area (Å²) in [5.41, 5.74) is 3.75. The molecule has 10 nitrogen and oxygen atoms in total. The first kappa shape index (κ1) is 26.0. The fraction of sp³-hybridized carbons (Fsp3) is 0.429. The monoisotopic (exact) mass is 516 g/mol. The molecule has 38 heavy (non-hydrogen) atoms. The highest BCUT2D eigenvalue weighted by Gasteiger charge is 2.28. The average Bonchev–Trinajstić information content (AvgIpc) is 2.93. The molecule has 3 atom stereocenters. The second-order valence-electron chi connectivity index (χ2n) is 10.1.